The molecule has 0 aliphatic carbocycles. The third-order valence-electron chi connectivity index (χ3n) is 5.35. The number of aryl methyl sites for hydroxylation is 1. The average molecular weight is 340 g/mol. The average Bonchev–Trinajstić information content (AvgIpc) is 2.75. The number of aromatic nitrogens is 2. The number of carbonyl (C=O) groups is 1. The highest BCUT2D eigenvalue weighted by molar-refractivity contribution is 5.74. The molecule has 0 N–H and O–H groups in total. The lowest BCUT2D eigenvalue weighted by Gasteiger charge is -2.25. The molecule has 1 unspecified atom stereocenters. The van der Waals surface area contributed by atoms with Gasteiger partial charge in [0.05, 0.1) is 29.0 Å². The van der Waals surface area contributed by atoms with Gasteiger partial charge in [-0.05, 0) is 38.4 Å². The van der Waals surface area contributed by atoms with E-state index in [2.05, 4.69) is 4.90 Å². The lowest BCUT2D eigenvalue weighted by Crippen LogP contribution is -2.35. The molecule has 6 heteroatoms. The van der Waals surface area contributed by atoms with E-state index in [0.29, 0.717) is 6.54 Å². The molecule has 1 aromatic carbocycles. The number of nitrogens with zero attached hydrogens (tertiary/aromatic N) is 4. The Bertz CT molecular complexity index is 809. The maximum atomic E-state index is 11.8. The summed E-state index contributed by atoms with van der Waals surface area (Å²) < 4.78 is 5.69. The minimum absolute atomic E-state index is 0.190. The maximum absolute atomic E-state index is 11.8. The van der Waals surface area contributed by atoms with Crippen LogP contribution in [0.2, 0.25) is 0 Å². The first-order valence-corrected chi connectivity index (χ1v) is 8.93. The number of benzene rings is 1. The zero-order valence-electron chi connectivity index (χ0n) is 14.9. The van der Waals surface area contributed by atoms with Gasteiger partial charge < -0.3 is 9.64 Å². The Balaban J connectivity index is 1.49. The molecule has 2 aromatic rings. The molecule has 132 valence electrons. The number of rotatable bonds is 2. The predicted molar refractivity (Wildman–Crippen MR) is 95.2 cm³/mol. The van der Waals surface area contributed by atoms with Crippen molar-refractivity contribution in [3.63, 3.8) is 0 Å². The van der Waals surface area contributed by atoms with Crippen molar-refractivity contribution in [3.05, 3.63) is 35.7 Å². The molecule has 1 atom stereocenters. The van der Waals surface area contributed by atoms with Crippen LogP contribution >= 0.6 is 0 Å². The maximum Gasteiger partial charge on any atom is 0.410 e. The van der Waals surface area contributed by atoms with Gasteiger partial charge in [-0.25, -0.2) is 14.8 Å². The van der Waals surface area contributed by atoms with Crippen LogP contribution in [0.25, 0.3) is 11.0 Å². The van der Waals surface area contributed by atoms with Crippen molar-refractivity contribution < 1.29 is 9.53 Å². The molecule has 3 heterocycles. The molecule has 25 heavy (non-hydrogen) atoms. The van der Waals surface area contributed by atoms with Gasteiger partial charge in [0.15, 0.2) is 0 Å². The first-order valence-electron chi connectivity index (χ1n) is 8.93. The van der Waals surface area contributed by atoms with E-state index >= 15 is 0 Å². The summed E-state index contributed by atoms with van der Waals surface area (Å²) in [6.45, 7) is 5.44. The van der Waals surface area contributed by atoms with Crippen molar-refractivity contribution >= 4 is 17.1 Å². The monoisotopic (exact) mass is 340 g/mol. The summed E-state index contributed by atoms with van der Waals surface area (Å²) >= 11 is 0. The number of fused-ring (bicyclic) bond motifs is 1. The van der Waals surface area contributed by atoms with Crippen LogP contribution in [0.1, 0.15) is 30.7 Å². The van der Waals surface area contributed by atoms with Gasteiger partial charge in [-0.3, -0.25) is 4.90 Å². The molecule has 2 saturated heterocycles. The summed E-state index contributed by atoms with van der Waals surface area (Å²) in [5.41, 5.74) is 3.62. The van der Waals surface area contributed by atoms with E-state index < -0.39 is 0 Å². The summed E-state index contributed by atoms with van der Waals surface area (Å²) in [6, 6.07) is 8.00. The van der Waals surface area contributed by atoms with Gasteiger partial charge in [0.25, 0.3) is 0 Å². The second kappa shape index (κ2) is 6.26. The number of amides is 1. The molecule has 0 saturated carbocycles. The normalized spacial score (nSPS) is 24.7. The van der Waals surface area contributed by atoms with Crippen molar-refractivity contribution in [2.75, 3.05) is 26.7 Å². The smallest absolute Gasteiger partial charge is 0.410 e. The number of ether oxygens (including phenoxy) is 1. The molecule has 1 aromatic heterocycles. The lowest BCUT2D eigenvalue weighted by atomic mass is 9.95. The van der Waals surface area contributed by atoms with Gasteiger partial charge in [-0.2, -0.15) is 0 Å². The SMILES string of the molecule is Cc1nc2ccccc2nc1CN1CCCC2(CC1)CN(C)C(=O)O2. The number of hydrogen-bond acceptors (Lipinski definition) is 5. The highest BCUT2D eigenvalue weighted by atomic mass is 16.6. The summed E-state index contributed by atoms with van der Waals surface area (Å²) in [5, 5.41) is 0. The topological polar surface area (TPSA) is 58.6 Å². The summed E-state index contributed by atoms with van der Waals surface area (Å²) in [5.74, 6) is 0. The molecular weight excluding hydrogens is 316 g/mol. The quantitative estimate of drug-likeness (QED) is 0.841. The predicted octanol–water partition coefficient (Wildman–Crippen LogP) is 2.74. The first kappa shape index (κ1) is 16.3. The van der Waals surface area contributed by atoms with Crippen LogP contribution in [0, 0.1) is 6.92 Å². The highest BCUT2D eigenvalue weighted by Gasteiger charge is 2.44. The summed E-state index contributed by atoms with van der Waals surface area (Å²) in [4.78, 5) is 25.4. The Kier molecular flexibility index (Phi) is 4.07. The largest absolute Gasteiger partial charge is 0.441 e. The van der Waals surface area contributed by atoms with Crippen LogP contribution in [-0.2, 0) is 11.3 Å². The third kappa shape index (κ3) is 3.18. The van der Waals surface area contributed by atoms with Crippen LogP contribution in [0.3, 0.4) is 0 Å². The number of para-hydroxylation sites is 2. The van der Waals surface area contributed by atoms with E-state index in [0.717, 1.165) is 61.3 Å². The first-order chi connectivity index (χ1) is 12.0. The van der Waals surface area contributed by atoms with Gasteiger partial charge in [-0.1, -0.05) is 12.1 Å². The molecule has 2 aliphatic heterocycles. The number of hydrogen-bond donors (Lipinski definition) is 0. The fourth-order valence-electron chi connectivity index (χ4n) is 3.92. The Hall–Kier alpha value is -2.21. The third-order valence-corrected chi connectivity index (χ3v) is 5.35. The zero-order chi connectivity index (χ0) is 17.4. The number of likely N-dealkylation sites (N-methyl/N-ethyl adjacent to an activating group) is 1. The summed E-state index contributed by atoms with van der Waals surface area (Å²) in [6.07, 6.45) is 2.65. The molecule has 1 amide bonds. The van der Waals surface area contributed by atoms with Crippen molar-refractivity contribution in [1.29, 1.82) is 0 Å². The second-order valence-electron chi connectivity index (χ2n) is 7.28. The van der Waals surface area contributed by atoms with E-state index in [4.69, 9.17) is 14.7 Å². The van der Waals surface area contributed by atoms with Gasteiger partial charge in [0.1, 0.15) is 5.60 Å². The fraction of sp³-hybridized carbons (Fsp3) is 0.526. The van der Waals surface area contributed by atoms with E-state index in [1.807, 2.05) is 38.2 Å². The van der Waals surface area contributed by atoms with Crippen LogP contribution in [0.15, 0.2) is 24.3 Å². The Morgan fingerprint density at radius 3 is 2.64 bits per heavy atom. The molecule has 0 bridgehead atoms. The summed E-state index contributed by atoms with van der Waals surface area (Å²) in [7, 11) is 1.81. The standard InChI is InChI=1S/C19H24N4O2/c1-14-17(21-16-7-4-3-6-15(16)20-14)12-23-10-5-8-19(9-11-23)13-22(2)18(24)25-19/h3-4,6-7H,5,8-13H2,1-2H3. The van der Waals surface area contributed by atoms with Crippen molar-refractivity contribution in [2.45, 2.75) is 38.3 Å². The molecular formula is C19H24N4O2. The Labute approximate surface area is 147 Å². The van der Waals surface area contributed by atoms with Gasteiger partial charge in [-0.15, -0.1) is 0 Å². The fourth-order valence-corrected chi connectivity index (χ4v) is 3.92. The highest BCUT2D eigenvalue weighted by Crippen LogP contribution is 2.32. The van der Waals surface area contributed by atoms with Gasteiger partial charge >= 0.3 is 6.09 Å². The van der Waals surface area contributed by atoms with E-state index in [9.17, 15) is 4.79 Å². The van der Waals surface area contributed by atoms with Crippen molar-refractivity contribution in [1.82, 2.24) is 19.8 Å². The molecule has 4 rings (SSSR count). The lowest BCUT2D eigenvalue weighted by molar-refractivity contribution is 0.0442. The number of carbonyl (C=O) groups excluding carboxylic acids is 1. The molecule has 0 radical (unpaired) electrons. The van der Waals surface area contributed by atoms with Crippen LogP contribution in [-0.4, -0.2) is 58.1 Å². The minimum Gasteiger partial charge on any atom is -0.441 e. The zero-order valence-corrected chi connectivity index (χ0v) is 14.9. The number of likely N-dealkylation sites (tertiary alicyclic amines) is 1. The minimum atomic E-state index is -0.301. The van der Waals surface area contributed by atoms with Gasteiger partial charge in [0, 0.05) is 26.6 Å². The van der Waals surface area contributed by atoms with Crippen LogP contribution in [0.5, 0.6) is 0 Å². The van der Waals surface area contributed by atoms with Crippen molar-refractivity contribution in [2.24, 2.45) is 0 Å². The van der Waals surface area contributed by atoms with Crippen LogP contribution < -0.4 is 0 Å². The molecule has 6 nitrogen and oxygen atoms in total. The second-order valence-corrected chi connectivity index (χ2v) is 7.28. The van der Waals surface area contributed by atoms with E-state index in [1.165, 1.54) is 0 Å². The van der Waals surface area contributed by atoms with Crippen LogP contribution in [0.4, 0.5) is 4.79 Å². The van der Waals surface area contributed by atoms with Gasteiger partial charge in [0.2, 0.25) is 0 Å². The van der Waals surface area contributed by atoms with Crippen molar-refractivity contribution in [3.8, 4) is 0 Å². The molecule has 2 aliphatic rings. The molecule has 2 fully saturated rings. The Morgan fingerprint density at radius 1 is 1.16 bits per heavy atom. The van der Waals surface area contributed by atoms with E-state index in [-0.39, 0.29) is 11.7 Å². The van der Waals surface area contributed by atoms with E-state index in [1.54, 1.807) is 4.90 Å². The molecule has 1 spiro atoms. The Morgan fingerprint density at radius 2 is 1.92 bits per heavy atom.